The van der Waals surface area contributed by atoms with Gasteiger partial charge in [-0.3, -0.25) is 9.59 Å². The second-order valence-corrected chi connectivity index (χ2v) is 5.63. The number of likely N-dealkylation sites (tertiary alicyclic amines) is 1. The minimum atomic E-state index is -0.602. The highest BCUT2D eigenvalue weighted by Gasteiger charge is 2.27. The van der Waals surface area contributed by atoms with Gasteiger partial charge in [0.1, 0.15) is 6.04 Å². The molecule has 3 N–H and O–H groups in total. The quantitative estimate of drug-likeness (QED) is 0.690. The number of rotatable bonds is 4. The zero-order chi connectivity index (χ0) is 15.2. The molecule has 114 valence electrons. The zero-order valence-corrected chi connectivity index (χ0v) is 12.7. The van der Waals surface area contributed by atoms with Gasteiger partial charge in [-0.15, -0.1) is 0 Å². The molecule has 21 heavy (non-hydrogen) atoms. The first-order chi connectivity index (χ1) is 10.1. The lowest BCUT2D eigenvalue weighted by Crippen LogP contribution is -3.14. The van der Waals surface area contributed by atoms with Crippen molar-refractivity contribution in [2.45, 2.75) is 32.7 Å². The van der Waals surface area contributed by atoms with Crippen LogP contribution in [0, 0.1) is 6.92 Å². The SMILES string of the molecule is CC[NH+]1CCC[C@H]1CNC(=O)C(=O)Nc1ccc(C)cc1. The highest BCUT2D eigenvalue weighted by atomic mass is 16.2. The standard InChI is InChI=1S/C16H23N3O2/c1-3-19-10-4-5-14(19)11-17-15(20)16(21)18-13-8-6-12(2)7-9-13/h6-9,14H,3-5,10-11H2,1-2H3,(H,17,20)(H,18,21)/p+1/t14-/m0/s1. The summed E-state index contributed by atoms with van der Waals surface area (Å²) in [4.78, 5) is 25.2. The van der Waals surface area contributed by atoms with Crippen LogP contribution in [-0.2, 0) is 9.59 Å². The first-order valence-corrected chi connectivity index (χ1v) is 7.60. The van der Waals surface area contributed by atoms with Crippen molar-refractivity contribution < 1.29 is 14.5 Å². The Hall–Kier alpha value is -1.88. The average Bonchev–Trinajstić information content (AvgIpc) is 2.94. The third-order valence-corrected chi connectivity index (χ3v) is 4.11. The number of benzene rings is 1. The van der Waals surface area contributed by atoms with E-state index in [2.05, 4.69) is 17.6 Å². The van der Waals surface area contributed by atoms with Crippen molar-refractivity contribution in [3.05, 3.63) is 29.8 Å². The van der Waals surface area contributed by atoms with Crippen LogP contribution in [0.5, 0.6) is 0 Å². The number of likely N-dealkylation sites (N-methyl/N-ethyl adjacent to an activating group) is 1. The molecule has 0 bridgehead atoms. The van der Waals surface area contributed by atoms with E-state index in [1.165, 1.54) is 11.3 Å². The lowest BCUT2D eigenvalue weighted by molar-refractivity contribution is -0.909. The van der Waals surface area contributed by atoms with E-state index in [-0.39, 0.29) is 0 Å². The second kappa shape index (κ2) is 7.22. The second-order valence-electron chi connectivity index (χ2n) is 5.63. The predicted octanol–water partition coefficient (Wildman–Crippen LogP) is 0.117. The van der Waals surface area contributed by atoms with E-state index >= 15 is 0 Å². The summed E-state index contributed by atoms with van der Waals surface area (Å²) in [6, 6.07) is 7.82. The number of anilines is 1. The summed E-state index contributed by atoms with van der Waals surface area (Å²) < 4.78 is 0. The summed E-state index contributed by atoms with van der Waals surface area (Å²) in [5.74, 6) is -1.16. The summed E-state index contributed by atoms with van der Waals surface area (Å²) >= 11 is 0. The van der Waals surface area contributed by atoms with Crippen LogP contribution >= 0.6 is 0 Å². The molecule has 0 aromatic heterocycles. The molecular weight excluding hydrogens is 266 g/mol. The molecule has 5 heteroatoms. The van der Waals surface area contributed by atoms with Crippen molar-refractivity contribution in [3.8, 4) is 0 Å². The first-order valence-electron chi connectivity index (χ1n) is 7.60. The van der Waals surface area contributed by atoms with E-state index in [0.29, 0.717) is 18.3 Å². The maximum absolute atomic E-state index is 11.8. The summed E-state index contributed by atoms with van der Waals surface area (Å²) in [6.45, 7) is 6.92. The number of carbonyl (C=O) groups excluding carboxylic acids is 2. The molecule has 0 radical (unpaired) electrons. The molecule has 1 aromatic carbocycles. The fourth-order valence-electron chi connectivity index (χ4n) is 2.82. The van der Waals surface area contributed by atoms with Crippen molar-refractivity contribution in [2.75, 3.05) is 25.0 Å². The van der Waals surface area contributed by atoms with Crippen LogP contribution in [0.1, 0.15) is 25.3 Å². The van der Waals surface area contributed by atoms with Crippen LogP contribution in [0.4, 0.5) is 5.69 Å². The fourth-order valence-corrected chi connectivity index (χ4v) is 2.82. The van der Waals surface area contributed by atoms with Gasteiger partial charge in [-0.2, -0.15) is 0 Å². The van der Waals surface area contributed by atoms with Gasteiger partial charge in [-0.1, -0.05) is 17.7 Å². The molecule has 1 aliphatic rings. The molecule has 2 atom stereocenters. The van der Waals surface area contributed by atoms with Gasteiger partial charge in [0, 0.05) is 18.5 Å². The molecule has 1 saturated heterocycles. The topological polar surface area (TPSA) is 62.6 Å². The van der Waals surface area contributed by atoms with Crippen molar-refractivity contribution in [2.24, 2.45) is 0 Å². The van der Waals surface area contributed by atoms with Gasteiger partial charge >= 0.3 is 11.8 Å². The van der Waals surface area contributed by atoms with Crippen LogP contribution in [0.3, 0.4) is 0 Å². The Morgan fingerprint density at radius 2 is 1.95 bits per heavy atom. The number of carbonyl (C=O) groups is 2. The number of aryl methyl sites for hydroxylation is 1. The summed E-state index contributed by atoms with van der Waals surface area (Å²) in [6.07, 6.45) is 2.31. The van der Waals surface area contributed by atoms with Gasteiger partial charge in [0.25, 0.3) is 0 Å². The summed E-state index contributed by atoms with van der Waals surface area (Å²) in [5.41, 5.74) is 1.75. The predicted molar refractivity (Wildman–Crippen MR) is 82.2 cm³/mol. The summed E-state index contributed by atoms with van der Waals surface area (Å²) in [7, 11) is 0. The van der Waals surface area contributed by atoms with Crippen LogP contribution in [0.15, 0.2) is 24.3 Å². The van der Waals surface area contributed by atoms with E-state index in [1.54, 1.807) is 12.1 Å². The molecule has 1 unspecified atom stereocenters. The van der Waals surface area contributed by atoms with Gasteiger partial charge < -0.3 is 15.5 Å². The highest BCUT2D eigenvalue weighted by molar-refractivity contribution is 6.39. The number of quaternary nitrogens is 1. The fraction of sp³-hybridized carbons (Fsp3) is 0.500. The molecule has 2 rings (SSSR count). The van der Waals surface area contributed by atoms with Crippen molar-refractivity contribution in [1.82, 2.24) is 5.32 Å². The molecule has 5 nitrogen and oxygen atoms in total. The normalized spacial score (nSPS) is 21.0. The van der Waals surface area contributed by atoms with Crippen LogP contribution in [-0.4, -0.2) is 37.5 Å². The van der Waals surface area contributed by atoms with E-state index in [9.17, 15) is 9.59 Å². The minimum absolute atomic E-state index is 0.436. The molecule has 0 aliphatic carbocycles. The van der Waals surface area contributed by atoms with Gasteiger partial charge in [0.05, 0.1) is 19.6 Å². The molecule has 1 fully saturated rings. The van der Waals surface area contributed by atoms with E-state index in [4.69, 9.17) is 0 Å². The highest BCUT2D eigenvalue weighted by Crippen LogP contribution is 2.08. The van der Waals surface area contributed by atoms with Crippen molar-refractivity contribution >= 4 is 17.5 Å². The number of hydrogen-bond donors (Lipinski definition) is 3. The number of nitrogens with one attached hydrogen (secondary N) is 3. The van der Waals surface area contributed by atoms with Crippen LogP contribution in [0.2, 0.25) is 0 Å². The van der Waals surface area contributed by atoms with E-state index < -0.39 is 11.8 Å². The third-order valence-electron chi connectivity index (χ3n) is 4.11. The van der Waals surface area contributed by atoms with Crippen molar-refractivity contribution in [3.63, 3.8) is 0 Å². The molecular formula is C16H24N3O2+. The largest absolute Gasteiger partial charge is 0.342 e. The first kappa shape index (κ1) is 15.5. The molecule has 1 aliphatic heterocycles. The Morgan fingerprint density at radius 1 is 1.24 bits per heavy atom. The maximum Gasteiger partial charge on any atom is 0.313 e. The number of amides is 2. The average molecular weight is 290 g/mol. The minimum Gasteiger partial charge on any atom is -0.342 e. The van der Waals surface area contributed by atoms with Crippen LogP contribution < -0.4 is 15.5 Å². The van der Waals surface area contributed by atoms with E-state index in [1.807, 2.05) is 19.1 Å². The Labute approximate surface area is 125 Å². The molecule has 1 aromatic rings. The Balaban J connectivity index is 1.80. The molecule has 0 saturated carbocycles. The molecule has 2 amide bonds. The van der Waals surface area contributed by atoms with Gasteiger partial charge in [-0.05, 0) is 26.0 Å². The smallest absolute Gasteiger partial charge is 0.313 e. The maximum atomic E-state index is 11.8. The Kier molecular flexibility index (Phi) is 5.33. The van der Waals surface area contributed by atoms with Gasteiger partial charge in [0.2, 0.25) is 0 Å². The third kappa shape index (κ3) is 4.29. The van der Waals surface area contributed by atoms with E-state index in [0.717, 1.165) is 25.1 Å². The van der Waals surface area contributed by atoms with Crippen LogP contribution in [0.25, 0.3) is 0 Å². The monoisotopic (exact) mass is 290 g/mol. The van der Waals surface area contributed by atoms with Gasteiger partial charge in [-0.25, -0.2) is 0 Å². The summed E-state index contributed by atoms with van der Waals surface area (Å²) in [5, 5.41) is 5.36. The van der Waals surface area contributed by atoms with Crippen molar-refractivity contribution in [1.29, 1.82) is 0 Å². The Morgan fingerprint density at radius 3 is 2.62 bits per heavy atom. The van der Waals surface area contributed by atoms with Gasteiger partial charge in [0.15, 0.2) is 0 Å². The zero-order valence-electron chi connectivity index (χ0n) is 12.7. The molecule has 0 spiro atoms. The molecule has 1 heterocycles. The lowest BCUT2D eigenvalue weighted by atomic mass is 10.2. The Bertz CT molecular complexity index is 499. The number of hydrogen-bond acceptors (Lipinski definition) is 2. The lowest BCUT2D eigenvalue weighted by Gasteiger charge is -2.19.